The number of hydrogen-bond donors (Lipinski definition) is 2. The second kappa shape index (κ2) is 5.08. The van der Waals surface area contributed by atoms with Gasteiger partial charge in [0.25, 0.3) is 5.91 Å². The maximum absolute atomic E-state index is 12.6. The minimum Gasteiger partial charge on any atom is -0.364 e. The smallest absolute Gasteiger partial charge is 0.364 e. The summed E-state index contributed by atoms with van der Waals surface area (Å²) in [7, 11) is 0. The Bertz CT molecular complexity index is 542. The van der Waals surface area contributed by atoms with Crippen LogP contribution in [0.3, 0.4) is 0 Å². The maximum Gasteiger partial charge on any atom is 0.417 e. The Hall–Kier alpha value is -1.76. The van der Waals surface area contributed by atoms with Gasteiger partial charge in [0.15, 0.2) is 5.84 Å². The average molecular weight is 292 g/mol. The second-order valence-corrected chi connectivity index (χ2v) is 4.21. The van der Waals surface area contributed by atoms with Crippen molar-refractivity contribution in [2.75, 3.05) is 18.4 Å². The van der Waals surface area contributed by atoms with Crippen LogP contribution in [-0.4, -0.2) is 24.8 Å². The van der Waals surface area contributed by atoms with E-state index in [1.807, 2.05) is 0 Å². The highest BCUT2D eigenvalue weighted by molar-refractivity contribution is 6.42. The van der Waals surface area contributed by atoms with Gasteiger partial charge < -0.3 is 10.6 Å². The topological polar surface area (TPSA) is 53.5 Å². The maximum atomic E-state index is 12.6. The van der Waals surface area contributed by atoms with E-state index in [1.54, 1.807) is 0 Å². The number of carbonyl (C=O) groups is 1. The van der Waals surface area contributed by atoms with Crippen LogP contribution in [0.1, 0.15) is 5.56 Å². The van der Waals surface area contributed by atoms with Gasteiger partial charge in [-0.25, -0.2) is 0 Å². The van der Waals surface area contributed by atoms with E-state index in [1.165, 1.54) is 6.07 Å². The molecule has 0 unspecified atom stereocenters. The third-order valence-electron chi connectivity index (χ3n) is 2.42. The number of benzene rings is 1. The molecule has 0 radical (unpaired) electrons. The van der Waals surface area contributed by atoms with Gasteiger partial charge in [0, 0.05) is 12.2 Å². The molecule has 1 aromatic rings. The molecule has 2 rings (SSSR count). The van der Waals surface area contributed by atoms with E-state index in [9.17, 15) is 18.0 Å². The van der Waals surface area contributed by atoms with E-state index >= 15 is 0 Å². The molecule has 0 fully saturated rings. The van der Waals surface area contributed by atoms with Gasteiger partial charge in [-0.05, 0) is 18.2 Å². The Morgan fingerprint density at radius 2 is 2.16 bits per heavy atom. The molecule has 0 saturated heterocycles. The van der Waals surface area contributed by atoms with E-state index in [-0.39, 0.29) is 11.5 Å². The summed E-state index contributed by atoms with van der Waals surface area (Å²) in [6, 6.07) is 3.17. The Labute approximate surface area is 111 Å². The van der Waals surface area contributed by atoms with E-state index in [0.29, 0.717) is 13.1 Å². The number of carbonyl (C=O) groups excluding carboxylic acids is 1. The standard InChI is InChI=1S/C11H9ClF3N3O/c12-8-2-1-6(5-7(8)11(13,14)15)18-10(19)9-16-3-4-17-9/h1-2,5H,3-4H2,(H,16,17)(H,18,19). The number of nitrogens with one attached hydrogen (secondary N) is 2. The Morgan fingerprint density at radius 3 is 2.74 bits per heavy atom. The van der Waals surface area contributed by atoms with Crippen LogP contribution in [0.2, 0.25) is 5.02 Å². The molecule has 1 amide bonds. The molecule has 1 heterocycles. The van der Waals surface area contributed by atoms with Crippen LogP contribution < -0.4 is 10.6 Å². The highest BCUT2D eigenvalue weighted by Crippen LogP contribution is 2.36. The van der Waals surface area contributed by atoms with Crippen LogP contribution in [0.4, 0.5) is 18.9 Å². The molecule has 0 aliphatic carbocycles. The van der Waals surface area contributed by atoms with Gasteiger partial charge in [-0.2, -0.15) is 13.2 Å². The van der Waals surface area contributed by atoms with Gasteiger partial charge in [0.05, 0.1) is 17.1 Å². The van der Waals surface area contributed by atoms with Crippen LogP contribution in [0, 0.1) is 0 Å². The number of hydrogen-bond acceptors (Lipinski definition) is 3. The number of amides is 1. The molecule has 1 aliphatic heterocycles. The minimum atomic E-state index is -4.57. The van der Waals surface area contributed by atoms with Crippen LogP contribution in [0.15, 0.2) is 23.2 Å². The number of nitrogens with zero attached hydrogens (tertiary/aromatic N) is 1. The molecule has 0 spiro atoms. The Kier molecular flexibility index (Phi) is 3.66. The predicted octanol–water partition coefficient (Wildman–Crippen LogP) is 2.30. The average Bonchev–Trinajstić information content (AvgIpc) is 2.83. The zero-order valence-electron chi connectivity index (χ0n) is 9.51. The molecular formula is C11H9ClF3N3O. The second-order valence-electron chi connectivity index (χ2n) is 3.80. The molecule has 8 heteroatoms. The van der Waals surface area contributed by atoms with Gasteiger partial charge in [-0.3, -0.25) is 9.79 Å². The fourth-order valence-electron chi connectivity index (χ4n) is 1.56. The summed E-state index contributed by atoms with van der Waals surface area (Å²) in [5.41, 5.74) is -0.980. The first-order chi connectivity index (χ1) is 8.88. The Balaban J connectivity index is 2.20. The van der Waals surface area contributed by atoms with Crippen molar-refractivity contribution in [3.63, 3.8) is 0 Å². The van der Waals surface area contributed by atoms with Gasteiger partial charge in [0.2, 0.25) is 0 Å². The lowest BCUT2D eigenvalue weighted by molar-refractivity contribution is -0.137. The zero-order chi connectivity index (χ0) is 14.0. The summed E-state index contributed by atoms with van der Waals surface area (Å²) in [5, 5.41) is 4.64. The monoisotopic (exact) mass is 291 g/mol. The van der Waals surface area contributed by atoms with Crippen molar-refractivity contribution in [3.8, 4) is 0 Å². The van der Waals surface area contributed by atoms with Gasteiger partial charge in [-0.15, -0.1) is 0 Å². The summed E-state index contributed by atoms with van der Waals surface area (Å²) < 4.78 is 37.9. The molecule has 2 N–H and O–H groups in total. The SMILES string of the molecule is O=C(Nc1ccc(Cl)c(C(F)(F)F)c1)C1=NCCN1. The van der Waals surface area contributed by atoms with Crippen molar-refractivity contribution in [2.45, 2.75) is 6.18 Å². The summed E-state index contributed by atoms with van der Waals surface area (Å²) in [5.74, 6) is -0.462. The highest BCUT2D eigenvalue weighted by atomic mass is 35.5. The summed E-state index contributed by atoms with van der Waals surface area (Å²) in [6.07, 6.45) is -4.57. The molecular weight excluding hydrogens is 283 g/mol. The molecule has 4 nitrogen and oxygen atoms in total. The van der Waals surface area contributed by atoms with Crippen molar-refractivity contribution in [1.29, 1.82) is 0 Å². The van der Waals surface area contributed by atoms with E-state index in [4.69, 9.17) is 11.6 Å². The lowest BCUT2D eigenvalue weighted by Crippen LogP contribution is -2.32. The number of rotatable bonds is 2. The van der Waals surface area contributed by atoms with E-state index in [0.717, 1.165) is 12.1 Å². The highest BCUT2D eigenvalue weighted by Gasteiger charge is 2.33. The zero-order valence-corrected chi connectivity index (χ0v) is 10.3. The third-order valence-corrected chi connectivity index (χ3v) is 2.75. The molecule has 1 aromatic carbocycles. The number of alkyl halides is 3. The van der Waals surface area contributed by atoms with Gasteiger partial charge in [0.1, 0.15) is 0 Å². The summed E-state index contributed by atoms with van der Waals surface area (Å²) >= 11 is 5.48. The van der Waals surface area contributed by atoms with Crippen LogP contribution >= 0.6 is 11.6 Å². The lowest BCUT2D eigenvalue weighted by atomic mass is 10.2. The molecule has 1 aliphatic rings. The largest absolute Gasteiger partial charge is 0.417 e. The summed E-state index contributed by atoms with van der Waals surface area (Å²) in [6.45, 7) is 1.01. The van der Waals surface area contributed by atoms with Crippen molar-refractivity contribution in [2.24, 2.45) is 4.99 Å². The Morgan fingerprint density at radius 1 is 1.42 bits per heavy atom. The minimum absolute atomic E-state index is 0.0122. The fraction of sp³-hybridized carbons (Fsp3) is 0.273. The fourth-order valence-corrected chi connectivity index (χ4v) is 1.79. The number of amidine groups is 1. The third kappa shape index (κ3) is 3.17. The first-order valence-electron chi connectivity index (χ1n) is 5.34. The van der Waals surface area contributed by atoms with Crippen molar-refractivity contribution >= 4 is 29.0 Å². The lowest BCUT2D eigenvalue weighted by Gasteiger charge is -2.11. The molecule has 0 bridgehead atoms. The molecule has 0 saturated carbocycles. The molecule has 0 aromatic heterocycles. The predicted molar refractivity (Wildman–Crippen MR) is 65.4 cm³/mol. The van der Waals surface area contributed by atoms with Crippen LogP contribution in [0.25, 0.3) is 0 Å². The van der Waals surface area contributed by atoms with Crippen molar-refractivity contribution in [1.82, 2.24) is 5.32 Å². The van der Waals surface area contributed by atoms with E-state index in [2.05, 4.69) is 15.6 Å². The number of halogens is 4. The van der Waals surface area contributed by atoms with Gasteiger partial charge in [-0.1, -0.05) is 11.6 Å². The molecule has 0 atom stereocenters. The first kappa shape index (κ1) is 13.7. The van der Waals surface area contributed by atoms with E-state index < -0.39 is 22.7 Å². The molecule has 19 heavy (non-hydrogen) atoms. The first-order valence-corrected chi connectivity index (χ1v) is 5.72. The van der Waals surface area contributed by atoms with Crippen molar-refractivity contribution < 1.29 is 18.0 Å². The van der Waals surface area contributed by atoms with Crippen LogP contribution in [0.5, 0.6) is 0 Å². The number of anilines is 1. The number of aliphatic imine (C=N–C) groups is 1. The molecule has 102 valence electrons. The van der Waals surface area contributed by atoms with Gasteiger partial charge >= 0.3 is 6.18 Å². The van der Waals surface area contributed by atoms with Crippen LogP contribution in [-0.2, 0) is 11.0 Å². The normalized spacial score (nSPS) is 14.8. The summed E-state index contributed by atoms with van der Waals surface area (Å²) in [4.78, 5) is 15.5. The quantitative estimate of drug-likeness (QED) is 0.878. The van der Waals surface area contributed by atoms with Crippen molar-refractivity contribution in [3.05, 3.63) is 28.8 Å².